The zero-order valence-corrected chi connectivity index (χ0v) is 16.0. The van der Waals surface area contributed by atoms with Crippen LogP contribution in [0.3, 0.4) is 0 Å². The molecule has 0 spiro atoms. The summed E-state index contributed by atoms with van der Waals surface area (Å²) in [5.74, 6) is 0.204. The van der Waals surface area contributed by atoms with Gasteiger partial charge in [0.1, 0.15) is 6.61 Å². The Balaban J connectivity index is 1.33. The second-order valence-electron chi connectivity index (χ2n) is 7.85. The minimum atomic E-state index is -0.438. The van der Waals surface area contributed by atoms with Crippen LogP contribution in [-0.4, -0.2) is 34.6 Å². The monoisotopic (exact) mass is 386 g/mol. The van der Waals surface area contributed by atoms with Gasteiger partial charge in [0.2, 0.25) is 0 Å². The Bertz CT molecular complexity index is 1090. The van der Waals surface area contributed by atoms with Gasteiger partial charge in [-0.05, 0) is 35.6 Å². The molecule has 2 aromatic carbocycles. The molecule has 1 amide bonds. The van der Waals surface area contributed by atoms with E-state index in [0.29, 0.717) is 6.54 Å². The van der Waals surface area contributed by atoms with Crippen molar-refractivity contribution in [1.29, 1.82) is 5.26 Å². The summed E-state index contributed by atoms with van der Waals surface area (Å²) in [5, 5.41) is 14.0. The van der Waals surface area contributed by atoms with Crippen molar-refractivity contribution in [3.05, 3.63) is 71.4 Å². The van der Waals surface area contributed by atoms with E-state index < -0.39 is 6.09 Å². The minimum absolute atomic E-state index is 0.130. The first kappa shape index (κ1) is 17.6. The number of aromatic nitrogens is 1. The van der Waals surface area contributed by atoms with Crippen molar-refractivity contribution in [2.45, 2.75) is 37.5 Å². The van der Waals surface area contributed by atoms with Crippen molar-refractivity contribution < 1.29 is 9.53 Å². The topological polar surface area (TPSA) is 81.2 Å². The van der Waals surface area contributed by atoms with E-state index in [-0.39, 0.29) is 24.6 Å². The van der Waals surface area contributed by atoms with Crippen molar-refractivity contribution in [1.82, 2.24) is 15.2 Å². The summed E-state index contributed by atoms with van der Waals surface area (Å²) >= 11 is 0. The number of hydrogen-bond acceptors (Lipinski definition) is 4. The van der Waals surface area contributed by atoms with E-state index in [1.165, 1.54) is 16.5 Å². The highest BCUT2D eigenvalue weighted by Crippen LogP contribution is 2.43. The van der Waals surface area contributed by atoms with E-state index in [2.05, 4.69) is 40.9 Å². The summed E-state index contributed by atoms with van der Waals surface area (Å²) in [4.78, 5) is 17.5. The minimum Gasteiger partial charge on any atom is -0.445 e. The van der Waals surface area contributed by atoms with Gasteiger partial charge in [-0.1, -0.05) is 42.5 Å². The standard InChI is InChI=1S/C23H22N4O2/c24-14-27-12-17(26-23(28)29-13-15-5-2-1-3-6-15)10-19-18-7-4-8-20-22(18)16(11-25-20)9-21(19)27/h1-8,11,17,19,21,25H,9-10,12-13H2,(H,26,28)/t17-,19+,21+/m0/s1. The number of ether oxygens (including phenoxy) is 1. The molecule has 1 aliphatic carbocycles. The average Bonchev–Trinajstić information content (AvgIpc) is 3.17. The van der Waals surface area contributed by atoms with Crippen LogP contribution in [0, 0.1) is 11.5 Å². The van der Waals surface area contributed by atoms with E-state index in [9.17, 15) is 10.1 Å². The van der Waals surface area contributed by atoms with Crippen molar-refractivity contribution in [3.8, 4) is 6.19 Å². The predicted octanol–water partition coefficient (Wildman–Crippen LogP) is 3.66. The van der Waals surface area contributed by atoms with Crippen molar-refractivity contribution in [2.24, 2.45) is 0 Å². The van der Waals surface area contributed by atoms with Gasteiger partial charge in [-0.15, -0.1) is 0 Å². The number of fused-ring (bicyclic) bond motifs is 2. The molecule has 2 heterocycles. The number of H-pyrrole nitrogens is 1. The van der Waals surface area contributed by atoms with E-state index in [4.69, 9.17) is 4.74 Å². The molecule has 146 valence electrons. The lowest BCUT2D eigenvalue weighted by Crippen LogP contribution is -2.54. The van der Waals surface area contributed by atoms with Gasteiger partial charge in [-0.3, -0.25) is 0 Å². The fourth-order valence-electron chi connectivity index (χ4n) is 4.85. The van der Waals surface area contributed by atoms with Gasteiger partial charge >= 0.3 is 6.09 Å². The van der Waals surface area contributed by atoms with Gasteiger partial charge in [-0.2, -0.15) is 5.26 Å². The molecule has 1 saturated heterocycles. The van der Waals surface area contributed by atoms with Crippen LogP contribution in [0.5, 0.6) is 0 Å². The molecule has 1 aliphatic heterocycles. The Morgan fingerprint density at radius 1 is 1.24 bits per heavy atom. The van der Waals surface area contributed by atoms with Crippen LogP contribution < -0.4 is 5.32 Å². The van der Waals surface area contributed by atoms with Crippen LogP contribution in [0.2, 0.25) is 0 Å². The molecule has 0 bridgehead atoms. The second-order valence-corrected chi connectivity index (χ2v) is 7.85. The van der Waals surface area contributed by atoms with Gasteiger partial charge in [0.15, 0.2) is 6.19 Å². The summed E-state index contributed by atoms with van der Waals surface area (Å²) < 4.78 is 5.38. The maximum absolute atomic E-state index is 12.3. The Morgan fingerprint density at radius 3 is 2.93 bits per heavy atom. The van der Waals surface area contributed by atoms with E-state index >= 15 is 0 Å². The third-order valence-electron chi connectivity index (χ3n) is 6.13. The molecule has 3 aromatic rings. The number of likely N-dealkylation sites (tertiary alicyclic amines) is 1. The van der Waals surface area contributed by atoms with Crippen LogP contribution in [0.25, 0.3) is 10.9 Å². The van der Waals surface area contributed by atoms with Gasteiger partial charge in [0.25, 0.3) is 0 Å². The Morgan fingerprint density at radius 2 is 2.10 bits per heavy atom. The number of carbonyl (C=O) groups is 1. The maximum Gasteiger partial charge on any atom is 0.407 e. The van der Waals surface area contributed by atoms with E-state index in [1.807, 2.05) is 35.2 Å². The molecule has 29 heavy (non-hydrogen) atoms. The largest absolute Gasteiger partial charge is 0.445 e. The zero-order chi connectivity index (χ0) is 19.8. The number of alkyl carbamates (subject to hydrolysis) is 1. The first-order chi connectivity index (χ1) is 14.2. The molecule has 3 atom stereocenters. The molecule has 0 radical (unpaired) electrons. The van der Waals surface area contributed by atoms with Crippen LogP contribution >= 0.6 is 0 Å². The SMILES string of the molecule is N#CN1C[C@@H](NC(=O)OCc2ccccc2)C[C@@H]2c3cccc4[nH]cc(c34)C[C@H]21. The van der Waals surface area contributed by atoms with Gasteiger partial charge in [0, 0.05) is 29.6 Å². The molecular weight excluding hydrogens is 364 g/mol. The summed E-state index contributed by atoms with van der Waals surface area (Å²) in [5.41, 5.74) is 4.62. The van der Waals surface area contributed by atoms with Gasteiger partial charge < -0.3 is 19.9 Å². The quantitative estimate of drug-likeness (QED) is 0.673. The lowest BCUT2D eigenvalue weighted by Gasteiger charge is -2.44. The number of hydrogen-bond donors (Lipinski definition) is 2. The lowest BCUT2D eigenvalue weighted by molar-refractivity contribution is 0.116. The zero-order valence-electron chi connectivity index (χ0n) is 16.0. The Hall–Kier alpha value is -3.46. The molecule has 0 unspecified atom stereocenters. The molecule has 2 aliphatic rings. The number of rotatable bonds is 3. The number of nitrogens with one attached hydrogen (secondary N) is 2. The Kier molecular flexibility index (Phi) is 4.36. The fraction of sp³-hybridized carbons (Fsp3) is 0.304. The average molecular weight is 386 g/mol. The van der Waals surface area contributed by atoms with Crippen LogP contribution in [0.1, 0.15) is 29.0 Å². The number of nitriles is 1. The first-order valence-corrected chi connectivity index (χ1v) is 9.95. The van der Waals surface area contributed by atoms with Crippen LogP contribution in [0.15, 0.2) is 54.7 Å². The summed E-state index contributed by atoms with van der Waals surface area (Å²) in [6, 6.07) is 15.9. The molecule has 2 N–H and O–H groups in total. The number of nitrogens with zero attached hydrogens (tertiary/aromatic N) is 2. The lowest BCUT2D eigenvalue weighted by atomic mass is 9.74. The number of carbonyl (C=O) groups excluding carboxylic acids is 1. The number of benzene rings is 2. The Labute approximate surface area is 169 Å². The highest BCUT2D eigenvalue weighted by molar-refractivity contribution is 5.88. The molecule has 1 aromatic heterocycles. The first-order valence-electron chi connectivity index (χ1n) is 9.95. The highest BCUT2D eigenvalue weighted by atomic mass is 16.5. The van der Waals surface area contributed by atoms with E-state index in [1.54, 1.807) is 0 Å². The number of piperidine rings is 1. The molecule has 6 nitrogen and oxygen atoms in total. The number of amides is 1. The van der Waals surface area contributed by atoms with Crippen molar-refractivity contribution >= 4 is 17.0 Å². The third kappa shape index (κ3) is 3.19. The van der Waals surface area contributed by atoms with E-state index in [0.717, 1.165) is 23.9 Å². The summed E-state index contributed by atoms with van der Waals surface area (Å²) in [6.45, 7) is 0.743. The molecule has 1 fully saturated rings. The number of aromatic amines is 1. The van der Waals surface area contributed by atoms with Crippen LogP contribution in [-0.2, 0) is 17.8 Å². The molecule has 5 rings (SSSR count). The van der Waals surface area contributed by atoms with Crippen molar-refractivity contribution in [3.63, 3.8) is 0 Å². The fourth-order valence-corrected chi connectivity index (χ4v) is 4.85. The molecule has 0 saturated carbocycles. The summed E-state index contributed by atoms with van der Waals surface area (Å²) in [6.07, 6.45) is 5.62. The van der Waals surface area contributed by atoms with Gasteiger partial charge in [-0.25, -0.2) is 4.79 Å². The van der Waals surface area contributed by atoms with Crippen LogP contribution in [0.4, 0.5) is 4.79 Å². The smallest absolute Gasteiger partial charge is 0.407 e. The summed E-state index contributed by atoms with van der Waals surface area (Å²) in [7, 11) is 0. The molecular formula is C23H22N4O2. The highest BCUT2D eigenvalue weighted by Gasteiger charge is 2.41. The maximum atomic E-state index is 12.3. The molecule has 6 heteroatoms. The normalized spacial score (nSPS) is 22.6. The van der Waals surface area contributed by atoms with Gasteiger partial charge in [0.05, 0.1) is 12.1 Å². The third-order valence-corrected chi connectivity index (χ3v) is 6.13. The predicted molar refractivity (Wildman–Crippen MR) is 109 cm³/mol. The second kappa shape index (κ2) is 7.17. The van der Waals surface area contributed by atoms with Crippen molar-refractivity contribution in [2.75, 3.05) is 6.54 Å².